The number of fused-ring (bicyclic) bond motifs is 1. The third-order valence-electron chi connectivity index (χ3n) is 3.82. The van der Waals surface area contributed by atoms with Crippen molar-refractivity contribution in [2.75, 3.05) is 5.32 Å². The third-order valence-corrected chi connectivity index (χ3v) is 3.82. The molecule has 5 nitrogen and oxygen atoms in total. The Morgan fingerprint density at radius 3 is 2.71 bits per heavy atom. The number of urea groups is 1. The SMILES string of the molecule is Cc1cc(NC(=O)NC2C3CCCCC32)no1. The van der Waals surface area contributed by atoms with E-state index in [0.717, 1.165) is 0 Å². The molecule has 2 amide bonds. The van der Waals surface area contributed by atoms with Crippen molar-refractivity contribution in [3.63, 3.8) is 0 Å². The number of nitrogens with zero attached hydrogens (tertiary/aromatic N) is 1. The van der Waals surface area contributed by atoms with Crippen LogP contribution in [0.3, 0.4) is 0 Å². The fourth-order valence-corrected chi connectivity index (χ4v) is 2.94. The van der Waals surface area contributed by atoms with Gasteiger partial charge in [0, 0.05) is 12.1 Å². The molecule has 2 atom stereocenters. The second-order valence-corrected chi connectivity index (χ2v) is 5.06. The van der Waals surface area contributed by atoms with Gasteiger partial charge in [-0.25, -0.2) is 4.79 Å². The zero-order chi connectivity index (χ0) is 11.8. The van der Waals surface area contributed by atoms with Gasteiger partial charge in [-0.1, -0.05) is 18.0 Å². The van der Waals surface area contributed by atoms with E-state index in [-0.39, 0.29) is 6.03 Å². The number of aromatic nitrogens is 1. The van der Waals surface area contributed by atoms with Crippen molar-refractivity contribution in [2.45, 2.75) is 38.6 Å². The molecule has 1 aromatic heterocycles. The fourth-order valence-electron chi connectivity index (χ4n) is 2.94. The van der Waals surface area contributed by atoms with Gasteiger partial charge in [0.05, 0.1) is 0 Å². The van der Waals surface area contributed by atoms with Crippen LogP contribution in [-0.2, 0) is 0 Å². The highest BCUT2D eigenvalue weighted by molar-refractivity contribution is 5.88. The minimum Gasteiger partial charge on any atom is -0.360 e. The average molecular weight is 235 g/mol. The molecular weight excluding hydrogens is 218 g/mol. The molecule has 2 saturated carbocycles. The van der Waals surface area contributed by atoms with Crippen molar-refractivity contribution in [3.8, 4) is 0 Å². The molecule has 2 fully saturated rings. The topological polar surface area (TPSA) is 67.2 Å². The first-order valence-corrected chi connectivity index (χ1v) is 6.25. The molecule has 92 valence electrons. The van der Waals surface area contributed by atoms with Gasteiger partial charge in [-0.15, -0.1) is 0 Å². The van der Waals surface area contributed by atoms with E-state index in [1.807, 2.05) is 0 Å². The third kappa shape index (κ3) is 2.14. The smallest absolute Gasteiger partial charge is 0.320 e. The summed E-state index contributed by atoms with van der Waals surface area (Å²) in [5.41, 5.74) is 0. The van der Waals surface area contributed by atoms with Gasteiger partial charge in [-0.05, 0) is 31.6 Å². The Balaban J connectivity index is 1.51. The highest BCUT2D eigenvalue weighted by atomic mass is 16.5. The summed E-state index contributed by atoms with van der Waals surface area (Å²) in [7, 11) is 0. The number of hydrogen-bond acceptors (Lipinski definition) is 3. The summed E-state index contributed by atoms with van der Waals surface area (Å²) in [5.74, 6) is 2.60. The highest BCUT2D eigenvalue weighted by Crippen LogP contribution is 2.49. The van der Waals surface area contributed by atoms with Crippen LogP contribution in [0.1, 0.15) is 31.4 Å². The predicted molar refractivity (Wildman–Crippen MR) is 62.6 cm³/mol. The van der Waals surface area contributed by atoms with Crippen LogP contribution in [0.4, 0.5) is 10.6 Å². The molecular formula is C12H17N3O2. The Kier molecular flexibility index (Phi) is 2.53. The maximum absolute atomic E-state index is 11.7. The normalized spacial score (nSPS) is 30.5. The minimum absolute atomic E-state index is 0.169. The minimum atomic E-state index is -0.169. The van der Waals surface area contributed by atoms with Crippen LogP contribution in [0.15, 0.2) is 10.6 Å². The quantitative estimate of drug-likeness (QED) is 0.826. The molecule has 0 saturated heterocycles. The lowest BCUT2D eigenvalue weighted by atomic mass is 10.0. The Hall–Kier alpha value is -1.52. The second kappa shape index (κ2) is 4.05. The summed E-state index contributed by atoms with van der Waals surface area (Å²) in [6.45, 7) is 1.80. The molecule has 17 heavy (non-hydrogen) atoms. The van der Waals surface area contributed by atoms with Gasteiger partial charge in [-0.3, -0.25) is 5.32 Å². The van der Waals surface area contributed by atoms with E-state index in [4.69, 9.17) is 4.52 Å². The van der Waals surface area contributed by atoms with Crippen LogP contribution in [0.5, 0.6) is 0 Å². The van der Waals surface area contributed by atoms with Gasteiger partial charge in [0.15, 0.2) is 5.82 Å². The molecule has 2 aliphatic rings. The molecule has 1 heterocycles. The van der Waals surface area contributed by atoms with Crippen LogP contribution < -0.4 is 10.6 Å². The summed E-state index contributed by atoms with van der Waals surface area (Å²) in [5, 5.41) is 9.44. The highest BCUT2D eigenvalue weighted by Gasteiger charge is 2.51. The summed E-state index contributed by atoms with van der Waals surface area (Å²) in [6.07, 6.45) is 5.14. The van der Waals surface area contributed by atoms with Crippen molar-refractivity contribution < 1.29 is 9.32 Å². The summed E-state index contributed by atoms with van der Waals surface area (Å²) in [4.78, 5) is 11.7. The Labute approximate surface area is 99.9 Å². The Bertz CT molecular complexity index is 417. The Morgan fingerprint density at radius 2 is 2.12 bits per heavy atom. The first-order valence-electron chi connectivity index (χ1n) is 6.25. The van der Waals surface area contributed by atoms with E-state index in [1.54, 1.807) is 13.0 Å². The number of amides is 2. The van der Waals surface area contributed by atoms with Gasteiger partial charge in [-0.2, -0.15) is 0 Å². The maximum Gasteiger partial charge on any atom is 0.320 e. The number of hydrogen-bond donors (Lipinski definition) is 2. The first-order chi connectivity index (χ1) is 8.24. The predicted octanol–water partition coefficient (Wildman–Crippen LogP) is 2.29. The largest absolute Gasteiger partial charge is 0.360 e. The van der Waals surface area contributed by atoms with E-state index < -0.39 is 0 Å². The summed E-state index contributed by atoms with van der Waals surface area (Å²) in [6, 6.07) is 1.92. The first kappa shape index (κ1) is 10.6. The van der Waals surface area contributed by atoms with Crippen LogP contribution in [-0.4, -0.2) is 17.2 Å². The number of anilines is 1. The standard InChI is InChI=1S/C12H17N3O2/c1-7-6-10(15-17-7)13-12(16)14-11-8-4-2-3-5-9(8)11/h6,8-9,11H,2-5H2,1H3,(H2,13,14,15,16). The van der Waals surface area contributed by atoms with Gasteiger partial charge in [0.2, 0.25) is 0 Å². The molecule has 0 aromatic carbocycles. The van der Waals surface area contributed by atoms with Crippen molar-refractivity contribution in [1.82, 2.24) is 10.5 Å². The fraction of sp³-hybridized carbons (Fsp3) is 0.667. The van der Waals surface area contributed by atoms with Gasteiger partial charge < -0.3 is 9.84 Å². The van der Waals surface area contributed by atoms with Gasteiger partial charge in [0.25, 0.3) is 0 Å². The number of nitrogens with one attached hydrogen (secondary N) is 2. The second-order valence-electron chi connectivity index (χ2n) is 5.06. The maximum atomic E-state index is 11.7. The lowest BCUT2D eigenvalue weighted by Crippen LogP contribution is -2.32. The van der Waals surface area contributed by atoms with E-state index in [0.29, 0.717) is 29.5 Å². The Morgan fingerprint density at radius 1 is 1.41 bits per heavy atom. The zero-order valence-electron chi connectivity index (χ0n) is 9.90. The van der Waals surface area contributed by atoms with Crippen molar-refractivity contribution in [3.05, 3.63) is 11.8 Å². The molecule has 2 unspecified atom stereocenters. The van der Waals surface area contributed by atoms with Gasteiger partial charge >= 0.3 is 6.03 Å². The zero-order valence-corrected chi connectivity index (χ0v) is 9.90. The molecule has 5 heteroatoms. The molecule has 1 aromatic rings. The van der Waals surface area contributed by atoms with E-state index in [9.17, 15) is 4.79 Å². The van der Waals surface area contributed by atoms with Gasteiger partial charge in [0.1, 0.15) is 5.76 Å². The molecule has 0 aliphatic heterocycles. The van der Waals surface area contributed by atoms with Crippen LogP contribution in [0.25, 0.3) is 0 Å². The lowest BCUT2D eigenvalue weighted by molar-refractivity contribution is 0.250. The summed E-state index contributed by atoms with van der Waals surface area (Å²) < 4.78 is 4.89. The molecule has 0 spiro atoms. The number of rotatable bonds is 2. The van der Waals surface area contributed by atoms with Crippen LogP contribution in [0.2, 0.25) is 0 Å². The van der Waals surface area contributed by atoms with Crippen LogP contribution in [0, 0.1) is 18.8 Å². The number of carbonyl (C=O) groups excluding carboxylic acids is 1. The van der Waals surface area contributed by atoms with Crippen molar-refractivity contribution >= 4 is 11.8 Å². The summed E-state index contributed by atoms with van der Waals surface area (Å²) >= 11 is 0. The average Bonchev–Trinajstić information content (AvgIpc) is 2.84. The number of carbonyl (C=O) groups is 1. The van der Waals surface area contributed by atoms with Crippen molar-refractivity contribution in [2.24, 2.45) is 11.8 Å². The van der Waals surface area contributed by atoms with Crippen LogP contribution >= 0.6 is 0 Å². The monoisotopic (exact) mass is 235 g/mol. The molecule has 2 N–H and O–H groups in total. The van der Waals surface area contributed by atoms with E-state index in [2.05, 4.69) is 15.8 Å². The molecule has 2 aliphatic carbocycles. The number of aryl methyl sites for hydroxylation is 1. The molecule has 0 bridgehead atoms. The lowest BCUT2D eigenvalue weighted by Gasteiger charge is -2.04. The van der Waals surface area contributed by atoms with E-state index >= 15 is 0 Å². The van der Waals surface area contributed by atoms with E-state index in [1.165, 1.54) is 25.7 Å². The molecule has 0 radical (unpaired) electrons. The van der Waals surface area contributed by atoms with Crippen molar-refractivity contribution in [1.29, 1.82) is 0 Å². The molecule has 3 rings (SSSR count).